The smallest absolute Gasteiger partial charge is 0.257 e. The van der Waals surface area contributed by atoms with E-state index in [4.69, 9.17) is 10.5 Å². The van der Waals surface area contributed by atoms with E-state index in [0.29, 0.717) is 6.54 Å². The summed E-state index contributed by atoms with van der Waals surface area (Å²) in [4.78, 5) is 21.8. The molecule has 2 saturated heterocycles. The summed E-state index contributed by atoms with van der Waals surface area (Å²) in [7, 11) is 0. The summed E-state index contributed by atoms with van der Waals surface area (Å²) in [5, 5.41) is 0. The number of anilines is 1. The molecule has 0 aliphatic carbocycles. The van der Waals surface area contributed by atoms with E-state index in [1.54, 1.807) is 6.20 Å². The molecule has 0 spiro atoms. The summed E-state index contributed by atoms with van der Waals surface area (Å²) in [5.41, 5.74) is 6.25. The lowest BCUT2D eigenvalue weighted by atomic mass is 10.1. The number of hydrogen-bond donors (Lipinski definition) is 1. The first-order chi connectivity index (χ1) is 12.3. The van der Waals surface area contributed by atoms with Gasteiger partial charge in [-0.2, -0.15) is 0 Å². The molecule has 25 heavy (non-hydrogen) atoms. The van der Waals surface area contributed by atoms with Crippen LogP contribution in [0.1, 0.15) is 48.9 Å². The molecule has 0 atom stereocenters. The van der Waals surface area contributed by atoms with Crippen LogP contribution >= 0.6 is 0 Å². The van der Waals surface area contributed by atoms with E-state index in [1.807, 2.05) is 17.0 Å². The van der Waals surface area contributed by atoms with Gasteiger partial charge in [0.25, 0.3) is 5.91 Å². The van der Waals surface area contributed by atoms with E-state index < -0.39 is 0 Å². The van der Waals surface area contributed by atoms with Crippen molar-refractivity contribution >= 4 is 11.7 Å². The molecule has 3 rings (SSSR count). The monoisotopic (exact) mass is 346 g/mol. The average Bonchev–Trinajstić information content (AvgIpc) is 2.69. The van der Waals surface area contributed by atoms with Crippen molar-refractivity contribution in [3.8, 4) is 0 Å². The second kappa shape index (κ2) is 9.15. The largest absolute Gasteiger partial charge is 0.378 e. The molecule has 2 N–H and O–H groups in total. The van der Waals surface area contributed by atoms with E-state index in [0.717, 1.165) is 63.4 Å². The number of hydrogen-bond acceptors (Lipinski definition) is 5. The Morgan fingerprint density at radius 2 is 1.96 bits per heavy atom. The molecule has 1 aromatic rings. The molecule has 1 amide bonds. The summed E-state index contributed by atoms with van der Waals surface area (Å²) >= 11 is 0. The van der Waals surface area contributed by atoms with Crippen LogP contribution in [-0.2, 0) is 4.74 Å². The van der Waals surface area contributed by atoms with Gasteiger partial charge in [-0.25, -0.2) is 4.98 Å². The molecule has 0 unspecified atom stereocenters. The first-order valence-corrected chi connectivity index (χ1v) is 9.60. The Labute approximate surface area is 150 Å². The second-order valence-electron chi connectivity index (χ2n) is 6.93. The predicted molar refractivity (Wildman–Crippen MR) is 98.8 cm³/mol. The maximum absolute atomic E-state index is 13.0. The number of rotatable bonds is 6. The van der Waals surface area contributed by atoms with Crippen LogP contribution in [0, 0.1) is 0 Å². The summed E-state index contributed by atoms with van der Waals surface area (Å²) in [6.07, 6.45) is 8.36. The lowest BCUT2D eigenvalue weighted by molar-refractivity contribution is 0.00845. The van der Waals surface area contributed by atoms with Crippen LogP contribution in [0.4, 0.5) is 5.82 Å². The van der Waals surface area contributed by atoms with Crippen molar-refractivity contribution in [1.82, 2.24) is 9.88 Å². The van der Waals surface area contributed by atoms with Crippen LogP contribution in [-0.4, -0.2) is 61.2 Å². The van der Waals surface area contributed by atoms with Gasteiger partial charge in [0.1, 0.15) is 5.82 Å². The Bertz CT molecular complexity index is 552. The normalized spacial score (nSPS) is 19.2. The van der Waals surface area contributed by atoms with E-state index in [1.165, 1.54) is 19.3 Å². The number of carbonyl (C=O) groups excluding carboxylic acids is 1. The quantitative estimate of drug-likeness (QED) is 0.798. The van der Waals surface area contributed by atoms with E-state index in [2.05, 4.69) is 9.88 Å². The maximum atomic E-state index is 13.0. The number of nitrogens with two attached hydrogens (primary N) is 1. The highest BCUT2D eigenvalue weighted by atomic mass is 16.5. The van der Waals surface area contributed by atoms with Crippen molar-refractivity contribution in [1.29, 1.82) is 0 Å². The third kappa shape index (κ3) is 4.70. The highest BCUT2D eigenvalue weighted by molar-refractivity contribution is 5.99. The molecular formula is C19H30N4O2. The minimum Gasteiger partial charge on any atom is -0.378 e. The van der Waals surface area contributed by atoms with Crippen molar-refractivity contribution < 1.29 is 9.53 Å². The predicted octanol–water partition coefficient (Wildman–Crippen LogP) is 2.04. The molecule has 0 saturated carbocycles. The van der Waals surface area contributed by atoms with Gasteiger partial charge in [0.2, 0.25) is 0 Å². The molecule has 0 aromatic carbocycles. The molecular weight excluding hydrogens is 316 g/mol. The minimum atomic E-state index is 0.106. The summed E-state index contributed by atoms with van der Waals surface area (Å²) in [5.74, 6) is 0.961. The molecule has 0 bridgehead atoms. The molecule has 6 heteroatoms. The number of likely N-dealkylation sites (tertiary alicyclic amines) is 1. The van der Waals surface area contributed by atoms with Crippen molar-refractivity contribution in [3.05, 3.63) is 23.9 Å². The number of aromatic nitrogens is 1. The Kier molecular flexibility index (Phi) is 6.64. The zero-order valence-electron chi connectivity index (χ0n) is 15.0. The Hall–Kier alpha value is -1.66. The van der Waals surface area contributed by atoms with Gasteiger partial charge in [0.15, 0.2) is 0 Å². The number of piperidine rings is 2. The molecule has 6 nitrogen and oxygen atoms in total. The van der Waals surface area contributed by atoms with Crippen molar-refractivity contribution in [3.63, 3.8) is 0 Å². The topological polar surface area (TPSA) is 71.7 Å². The van der Waals surface area contributed by atoms with Crippen LogP contribution < -0.4 is 10.6 Å². The number of amides is 1. The van der Waals surface area contributed by atoms with Gasteiger partial charge in [-0.05, 0) is 57.2 Å². The van der Waals surface area contributed by atoms with E-state index in [9.17, 15) is 4.79 Å². The number of nitrogens with zero attached hydrogens (tertiary/aromatic N) is 3. The number of carbonyl (C=O) groups is 1. The highest BCUT2D eigenvalue weighted by Gasteiger charge is 2.27. The van der Waals surface area contributed by atoms with Crippen LogP contribution in [0.3, 0.4) is 0 Å². The van der Waals surface area contributed by atoms with Crippen LogP contribution in [0.2, 0.25) is 0 Å². The van der Waals surface area contributed by atoms with Gasteiger partial charge in [-0.3, -0.25) is 4.79 Å². The summed E-state index contributed by atoms with van der Waals surface area (Å²) in [6.45, 7) is 4.87. The lowest BCUT2D eigenvalue weighted by Crippen LogP contribution is -2.42. The molecule has 2 fully saturated rings. The third-order valence-corrected chi connectivity index (χ3v) is 5.10. The molecule has 0 radical (unpaired) electrons. The first-order valence-electron chi connectivity index (χ1n) is 9.60. The second-order valence-corrected chi connectivity index (χ2v) is 6.93. The first kappa shape index (κ1) is 18.1. The number of pyridine rings is 1. The van der Waals surface area contributed by atoms with Crippen LogP contribution in [0.15, 0.2) is 18.3 Å². The molecule has 2 aliphatic heterocycles. The zero-order chi connectivity index (χ0) is 17.5. The summed E-state index contributed by atoms with van der Waals surface area (Å²) < 4.78 is 5.84. The van der Waals surface area contributed by atoms with Gasteiger partial charge in [-0.15, -0.1) is 0 Å². The van der Waals surface area contributed by atoms with Gasteiger partial charge in [0.05, 0.1) is 11.7 Å². The van der Waals surface area contributed by atoms with Gasteiger partial charge in [-0.1, -0.05) is 0 Å². The van der Waals surface area contributed by atoms with Crippen LogP contribution in [0.5, 0.6) is 0 Å². The fraction of sp³-hybridized carbons (Fsp3) is 0.684. The zero-order valence-corrected chi connectivity index (χ0v) is 15.0. The fourth-order valence-corrected chi connectivity index (χ4v) is 3.65. The van der Waals surface area contributed by atoms with E-state index in [-0.39, 0.29) is 12.0 Å². The van der Waals surface area contributed by atoms with Gasteiger partial charge in [0, 0.05) is 39.0 Å². The minimum absolute atomic E-state index is 0.106. The summed E-state index contributed by atoms with van der Waals surface area (Å²) in [6, 6.07) is 3.78. The van der Waals surface area contributed by atoms with Crippen molar-refractivity contribution in [2.75, 3.05) is 44.2 Å². The third-order valence-electron chi connectivity index (χ3n) is 5.10. The van der Waals surface area contributed by atoms with E-state index >= 15 is 0 Å². The molecule has 1 aromatic heterocycles. The van der Waals surface area contributed by atoms with Crippen molar-refractivity contribution in [2.24, 2.45) is 5.73 Å². The average molecular weight is 346 g/mol. The van der Waals surface area contributed by atoms with Gasteiger partial charge < -0.3 is 20.3 Å². The van der Waals surface area contributed by atoms with Crippen molar-refractivity contribution in [2.45, 2.75) is 44.6 Å². The fourth-order valence-electron chi connectivity index (χ4n) is 3.65. The lowest BCUT2D eigenvalue weighted by Gasteiger charge is -2.34. The Balaban J connectivity index is 1.60. The maximum Gasteiger partial charge on any atom is 0.257 e. The Morgan fingerprint density at radius 3 is 2.68 bits per heavy atom. The molecule has 3 heterocycles. The van der Waals surface area contributed by atoms with Gasteiger partial charge >= 0.3 is 0 Å². The number of ether oxygens (including phenoxy) is 1. The van der Waals surface area contributed by atoms with Crippen LogP contribution in [0.25, 0.3) is 0 Å². The molecule has 2 aliphatic rings. The standard InChI is InChI=1S/C19H30N4O2/c20-9-5-15-25-16-7-13-23(14-8-16)19(24)17-6-4-10-21-18(17)22-11-2-1-3-12-22/h4,6,10,16H,1-3,5,7-9,11-15,20H2. The highest BCUT2D eigenvalue weighted by Crippen LogP contribution is 2.24. The SMILES string of the molecule is NCCCOC1CCN(C(=O)c2cccnc2N2CCCCC2)CC1. The Morgan fingerprint density at radius 1 is 1.20 bits per heavy atom. The molecule has 138 valence electrons.